The smallest absolute Gasteiger partial charge is 0.221 e. The molecule has 0 amide bonds. The van der Waals surface area contributed by atoms with E-state index in [4.69, 9.17) is 52.0 Å². The number of anilines is 3. The Kier molecular flexibility index (Phi) is 3.38. The third-order valence-corrected chi connectivity index (χ3v) is 3.52. The summed E-state index contributed by atoms with van der Waals surface area (Å²) in [4.78, 5) is 7.69. The van der Waals surface area contributed by atoms with Gasteiger partial charge in [-0.1, -0.05) is 34.8 Å². The number of rotatable bonds is 1. The van der Waals surface area contributed by atoms with Crippen LogP contribution in [0.3, 0.4) is 0 Å². The lowest BCUT2D eigenvalue weighted by molar-refractivity contribution is 1.20. The second kappa shape index (κ2) is 4.68. The van der Waals surface area contributed by atoms with Crippen LogP contribution in [0.15, 0.2) is 12.3 Å². The summed E-state index contributed by atoms with van der Waals surface area (Å²) < 4.78 is 0. The zero-order valence-corrected chi connectivity index (χ0v) is 11.2. The van der Waals surface area contributed by atoms with Crippen LogP contribution in [0.25, 0.3) is 11.1 Å². The van der Waals surface area contributed by atoms with E-state index in [9.17, 15) is 0 Å². The number of hydrogen-bond acceptors (Lipinski definition) is 5. The number of hydrogen-bond donors (Lipinski definition) is 3. The Morgan fingerprint density at radius 1 is 0.944 bits per heavy atom. The number of nitrogen functional groups attached to an aromatic ring is 3. The molecule has 0 bridgehead atoms. The first-order chi connectivity index (χ1) is 8.41. The predicted molar refractivity (Wildman–Crippen MR) is 75.7 cm³/mol. The van der Waals surface area contributed by atoms with E-state index in [1.165, 1.54) is 6.20 Å². The van der Waals surface area contributed by atoms with Crippen LogP contribution in [0.1, 0.15) is 0 Å². The third kappa shape index (κ3) is 2.12. The van der Waals surface area contributed by atoms with Crippen LogP contribution in [0, 0.1) is 0 Å². The van der Waals surface area contributed by atoms with Crippen molar-refractivity contribution in [2.45, 2.75) is 0 Å². The van der Waals surface area contributed by atoms with Gasteiger partial charge in [-0.05, 0) is 6.07 Å². The van der Waals surface area contributed by atoms with Gasteiger partial charge in [-0.15, -0.1) is 0 Å². The van der Waals surface area contributed by atoms with E-state index in [1.807, 2.05) is 0 Å². The van der Waals surface area contributed by atoms with Gasteiger partial charge >= 0.3 is 0 Å². The molecule has 1 heterocycles. The summed E-state index contributed by atoms with van der Waals surface area (Å²) >= 11 is 18.0. The lowest BCUT2D eigenvalue weighted by atomic mass is 10.1. The molecule has 5 nitrogen and oxygen atoms in total. The minimum absolute atomic E-state index is 0.0695. The van der Waals surface area contributed by atoms with E-state index in [2.05, 4.69) is 9.97 Å². The first kappa shape index (κ1) is 13.0. The van der Waals surface area contributed by atoms with Gasteiger partial charge in [-0.3, -0.25) is 0 Å². The van der Waals surface area contributed by atoms with E-state index in [0.717, 1.165) is 0 Å². The van der Waals surface area contributed by atoms with Crippen molar-refractivity contribution in [1.29, 1.82) is 0 Å². The molecule has 1 aromatic heterocycles. The fraction of sp³-hybridized carbons (Fsp3) is 0. The lowest BCUT2D eigenvalue weighted by Crippen LogP contribution is -2.01. The van der Waals surface area contributed by atoms with Crippen molar-refractivity contribution in [1.82, 2.24) is 9.97 Å². The predicted octanol–water partition coefficient (Wildman–Crippen LogP) is 2.85. The Balaban J connectivity index is 2.72. The summed E-state index contributed by atoms with van der Waals surface area (Å²) in [5.74, 6) is 0.251. The van der Waals surface area contributed by atoms with Crippen molar-refractivity contribution < 1.29 is 0 Å². The largest absolute Gasteiger partial charge is 0.396 e. The zero-order valence-electron chi connectivity index (χ0n) is 8.92. The van der Waals surface area contributed by atoms with Crippen LogP contribution >= 0.6 is 34.8 Å². The highest BCUT2D eigenvalue weighted by Crippen LogP contribution is 2.42. The maximum atomic E-state index is 6.10. The minimum atomic E-state index is 0.0695. The van der Waals surface area contributed by atoms with Crippen LogP contribution in [0.5, 0.6) is 0 Å². The summed E-state index contributed by atoms with van der Waals surface area (Å²) in [6.07, 6.45) is 1.45. The average Bonchev–Trinajstić information content (AvgIpc) is 2.32. The standard InChI is InChI=1S/C10H8Cl3N5/c11-5-1-3(6(12)7(13)8(5)14)4-2-17-10(16)18-9(4)15/h1-2H,14H2,(H4,15,16,17,18). The van der Waals surface area contributed by atoms with Crippen molar-refractivity contribution in [3.63, 3.8) is 0 Å². The molecule has 2 aromatic rings. The highest BCUT2D eigenvalue weighted by Gasteiger charge is 2.16. The van der Waals surface area contributed by atoms with Crippen LogP contribution in [-0.4, -0.2) is 9.97 Å². The van der Waals surface area contributed by atoms with E-state index in [0.29, 0.717) is 11.1 Å². The minimum Gasteiger partial charge on any atom is -0.396 e. The number of nitrogens with two attached hydrogens (primary N) is 3. The Hall–Kier alpha value is -1.43. The van der Waals surface area contributed by atoms with E-state index >= 15 is 0 Å². The fourth-order valence-electron chi connectivity index (χ4n) is 1.42. The van der Waals surface area contributed by atoms with Gasteiger partial charge in [0, 0.05) is 17.3 Å². The molecule has 18 heavy (non-hydrogen) atoms. The molecule has 0 aliphatic rings. The normalized spacial score (nSPS) is 10.6. The summed E-state index contributed by atoms with van der Waals surface area (Å²) in [6.45, 7) is 0. The molecular formula is C10H8Cl3N5. The molecule has 1 aromatic carbocycles. The molecule has 0 spiro atoms. The average molecular weight is 305 g/mol. The SMILES string of the molecule is Nc1ncc(-c2cc(Cl)c(N)c(Cl)c2Cl)c(N)n1. The third-order valence-electron chi connectivity index (χ3n) is 2.32. The first-order valence-corrected chi connectivity index (χ1v) is 5.86. The second-order valence-corrected chi connectivity index (χ2v) is 4.64. The van der Waals surface area contributed by atoms with Crippen molar-refractivity contribution in [3.8, 4) is 11.1 Å². The molecule has 0 saturated carbocycles. The Morgan fingerprint density at radius 2 is 1.61 bits per heavy atom. The summed E-state index contributed by atoms with van der Waals surface area (Å²) in [7, 11) is 0. The highest BCUT2D eigenvalue weighted by molar-refractivity contribution is 6.47. The molecule has 0 fully saturated rings. The molecular weight excluding hydrogens is 297 g/mol. The zero-order chi connectivity index (χ0) is 13.4. The van der Waals surface area contributed by atoms with Crippen LogP contribution < -0.4 is 17.2 Å². The van der Waals surface area contributed by atoms with Gasteiger partial charge in [0.1, 0.15) is 5.82 Å². The fourth-order valence-corrected chi connectivity index (χ4v) is 2.14. The number of nitrogens with zero attached hydrogens (tertiary/aromatic N) is 2. The summed E-state index contributed by atoms with van der Waals surface area (Å²) in [6, 6.07) is 1.55. The molecule has 0 aliphatic heterocycles. The molecule has 0 saturated heterocycles. The van der Waals surface area contributed by atoms with Gasteiger partial charge in [0.25, 0.3) is 0 Å². The number of halogens is 3. The second-order valence-electron chi connectivity index (χ2n) is 3.47. The molecule has 0 aliphatic carbocycles. The van der Waals surface area contributed by atoms with Gasteiger partial charge < -0.3 is 17.2 Å². The molecule has 6 N–H and O–H groups in total. The Labute approximate surface area is 118 Å². The number of aromatic nitrogens is 2. The first-order valence-electron chi connectivity index (χ1n) is 4.73. The van der Waals surface area contributed by atoms with Crippen LogP contribution in [-0.2, 0) is 0 Å². The monoisotopic (exact) mass is 303 g/mol. The van der Waals surface area contributed by atoms with E-state index in [-0.39, 0.29) is 32.5 Å². The maximum Gasteiger partial charge on any atom is 0.221 e. The molecule has 0 atom stereocenters. The Bertz CT molecular complexity index is 629. The van der Waals surface area contributed by atoms with Crippen molar-refractivity contribution in [2.75, 3.05) is 17.2 Å². The maximum absolute atomic E-state index is 6.10. The molecule has 0 unspecified atom stereocenters. The quantitative estimate of drug-likeness (QED) is 0.555. The van der Waals surface area contributed by atoms with Gasteiger partial charge in [-0.25, -0.2) is 4.98 Å². The molecule has 94 valence electrons. The van der Waals surface area contributed by atoms with Crippen molar-refractivity contribution in [3.05, 3.63) is 27.3 Å². The van der Waals surface area contributed by atoms with Gasteiger partial charge in [0.05, 0.1) is 20.8 Å². The lowest BCUT2D eigenvalue weighted by Gasteiger charge is -2.11. The molecule has 0 radical (unpaired) electrons. The van der Waals surface area contributed by atoms with E-state index < -0.39 is 0 Å². The van der Waals surface area contributed by atoms with Gasteiger partial charge in [0.15, 0.2) is 0 Å². The number of benzene rings is 1. The van der Waals surface area contributed by atoms with Crippen molar-refractivity contribution >= 4 is 52.3 Å². The van der Waals surface area contributed by atoms with Crippen molar-refractivity contribution in [2.24, 2.45) is 0 Å². The highest BCUT2D eigenvalue weighted by atomic mass is 35.5. The topological polar surface area (TPSA) is 104 Å². The molecule has 2 rings (SSSR count). The van der Waals surface area contributed by atoms with Gasteiger partial charge in [0.2, 0.25) is 5.95 Å². The van der Waals surface area contributed by atoms with Crippen LogP contribution in [0.4, 0.5) is 17.5 Å². The van der Waals surface area contributed by atoms with Crippen LogP contribution in [0.2, 0.25) is 15.1 Å². The summed E-state index contributed by atoms with van der Waals surface area (Å²) in [5, 5.41) is 0.671. The molecule has 8 heteroatoms. The summed E-state index contributed by atoms with van der Waals surface area (Å²) in [5.41, 5.74) is 18.0. The Morgan fingerprint density at radius 3 is 2.22 bits per heavy atom. The van der Waals surface area contributed by atoms with Gasteiger partial charge in [-0.2, -0.15) is 4.98 Å². The van der Waals surface area contributed by atoms with E-state index in [1.54, 1.807) is 6.07 Å².